The van der Waals surface area contributed by atoms with E-state index in [-0.39, 0.29) is 28.9 Å². The minimum absolute atomic E-state index is 0. The van der Waals surface area contributed by atoms with E-state index in [1.807, 2.05) is 0 Å². The first-order valence-electron chi connectivity index (χ1n) is 4.34. The second-order valence-electron chi connectivity index (χ2n) is 3.56. The van der Waals surface area contributed by atoms with Gasteiger partial charge in [-0.2, -0.15) is 0 Å². The van der Waals surface area contributed by atoms with E-state index in [4.69, 9.17) is 0 Å². The number of fused-ring (bicyclic) bond motifs is 1. The summed E-state index contributed by atoms with van der Waals surface area (Å²) in [6.45, 7) is 0. The number of hydrogen-bond acceptors (Lipinski definition) is 3. The van der Waals surface area contributed by atoms with Crippen LogP contribution in [0.4, 0.5) is 0 Å². The van der Waals surface area contributed by atoms with Gasteiger partial charge in [0.05, 0.1) is 0 Å². The zero-order valence-corrected chi connectivity index (χ0v) is 7.95. The zero-order valence-electron chi connectivity index (χ0n) is 7.01. The predicted molar refractivity (Wildman–Crippen MR) is 40.5 cm³/mol. The van der Waals surface area contributed by atoms with E-state index in [1.165, 1.54) is 0 Å². The number of carbonyl (C=O) groups is 3. The molecule has 0 aromatic heterocycles. The molecule has 0 bridgehead atoms. The fourth-order valence-electron chi connectivity index (χ4n) is 2.22. The van der Waals surface area contributed by atoms with Crippen molar-refractivity contribution in [1.82, 2.24) is 0 Å². The van der Waals surface area contributed by atoms with Crippen molar-refractivity contribution in [2.45, 2.75) is 25.7 Å². The number of hydrogen-bond donors (Lipinski definition) is 0. The summed E-state index contributed by atoms with van der Waals surface area (Å²) >= 11 is 0. The first-order valence-corrected chi connectivity index (χ1v) is 4.34. The third-order valence-electron chi connectivity index (χ3n) is 2.89. The fraction of sp³-hybridized carbons (Fsp3) is 0.667. The van der Waals surface area contributed by atoms with E-state index < -0.39 is 17.3 Å². The standard InChI is InChI=1S/C9H10O3.Cu/c10-7-5-3-1-2-4-6(5)8(11)9(7)12;/h5-6H,1-4H2;. The average Bonchev–Trinajstić information content (AvgIpc) is 2.33. The maximum absolute atomic E-state index is 11.2. The van der Waals surface area contributed by atoms with Crippen LogP contribution in [-0.4, -0.2) is 17.3 Å². The smallest absolute Gasteiger partial charge is 0.264 e. The molecule has 0 heterocycles. The van der Waals surface area contributed by atoms with Crippen LogP contribution in [0.5, 0.6) is 0 Å². The quantitative estimate of drug-likeness (QED) is 0.449. The molecule has 0 spiro atoms. The van der Waals surface area contributed by atoms with Crippen LogP contribution in [0.1, 0.15) is 25.7 Å². The number of Topliss-reactive ketones (excluding diaryl/α,β-unsaturated/α-hetero) is 3. The molecule has 2 atom stereocenters. The monoisotopic (exact) mass is 229 g/mol. The number of carbonyl (C=O) groups excluding carboxylic acids is 3. The van der Waals surface area contributed by atoms with Crippen molar-refractivity contribution in [3.8, 4) is 0 Å². The molecule has 4 heteroatoms. The fourth-order valence-corrected chi connectivity index (χ4v) is 2.22. The van der Waals surface area contributed by atoms with Crippen molar-refractivity contribution >= 4 is 17.3 Å². The molecule has 0 aliphatic heterocycles. The zero-order chi connectivity index (χ0) is 8.72. The molecule has 3 nitrogen and oxygen atoms in total. The Kier molecular flexibility index (Phi) is 3.04. The minimum atomic E-state index is -0.744. The molecular weight excluding hydrogens is 220 g/mol. The van der Waals surface area contributed by atoms with Gasteiger partial charge < -0.3 is 0 Å². The van der Waals surface area contributed by atoms with Gasteiger partial charge in [-0.3, -0.25) is 14.4 Å². The van der Waals surface area contributed by atoms with E-state index >= 15 is 0 Å². The van der Waals surface area contributed by atoms with Gasteiger partial charge in [-0.05, 0) is 12.8 Å². The molecule has 2 aliphatic carbocycles. The Morgan fingerprint density at radius 2 is 1.23 bits per heavy atom. The van der Waals surface area contributed by atoms with Gasteiger partial charge >= 0.3 is 0 Å². The Bertz CT molecular complexity index is 246. The van der Waals surface area contributed by atoms with Crippen molar-refractivity contribution in [3.63, 3.8) is 0 Å². The summed E-state index contributed by atoms with van der Waals surface area (Å²) in [5.41, 5.74) is 0. The normalized spacial score (nSPS) is 32.8. The average molecular weight is 230 g/mol. The van der Waals surface area contributed by atoms with Crippen molar-refractivity contribution in [3.05, 3.63) is 0 Å². The topological polar surface area (TPSA) is 51.2 Å². The molecule has 1 radical (unpaired) electrons. The Labute approximate surface area is 86.7 Å². The van der Waals surface area contributed by atoms with Gasteiger partial charge in [0.25, 0.3) is 5.78 Å². The summed E-state index contributed by atoms with van der Waals surface area (Å²) in [6, 6.07) is 0. The second-order valence-corrected chi connectivity index (χ2v) is 3.56. The van der Waals surface area contributed by atoms with Crippen LogP contribution in [0, 0.1) is 11.8 Å². The Balaban J connectivity index is 0.000000845. The summed E-state index contributed by atoms with van der Waals surface area (Å²) in [5.74, 6) is -2.10. The van der Waals surface area contributed by atoms with E-state index in [0.717, 1.165) is 25.7 Å². The maximum atomic E-state index is 11.2. The first-order chi connectivity index (χ1) is 5.72. The molecule has 0 N–H and O–H groups in total. The molecule has 2 unspecified atom stereocenters. The second kappa shape index (κ2) is 3.72. The molecule has 0 aromatic carbocycles. The van der Waals surface area contributed by atoms with E-state index in [1.54, 1.807) is 0 Å². The molecule has 75 valence electrons. The summed E-state index contributed by atoms with van der Waals surface area (Å²) < 4.78 is 0. The molecule has 13 heavy (non-hydrogen) atoms. The van der Waals surface area contributed by atoms with E-state index in [0.29, 0.717) is 0 Å². The van der Waals surface area contributed by atoms with E-state index in [9.17, 15) is 14.4 Å². The largest absolute Gasteiger partial charge is 0.290 e. The maximum Gasteiger partial charge on any atom is 0.264 e. The van der Waals surface area contributed by atoms with E-state index in [2.05, 4.69) is 0 Å². The van der Waals surface area contributed by atoms with Gasteiger partial charge in [0.2, 0.25) is 11.6 Å². The summed E-state index contributed by atoms with van der Waals surface area (Å²) in [6.07, 6.45) is 3.43. The molecular formula is C9H10CuO3. The van der Waals surface area contributed by atoms with Crippen molar-refractivity contribution in [2.24, 2.45) is 11.8 Å². The predicted octanol–water partition coefficient (Wildman–Crippen LogP) is 0.511. The van der Waals surface area contributed by atoms with Crippen LogP contribution >= 0.6 is 0 Å². The van der Waals surface area contributed by atoms with Gasteiger partial charge in [-0.15, -0.1) is 0 Å². The van der Waals surface area contributed by atoms with Gasteiger partial charge in [0.15, 0.2) is 0 Å². The first kappa shape index (κ1) is 10.6. The van der Waals surface area contributed by atoms with Crippen LogP contribution < -0.4 is 0 Å². The van der Waals surface area contributed by atoms with Crippen molar-refractivity contribution in [1.29, 1.82) is 0 Å². The van der Waals surface area contributed by atoms with Crippen LogP contribution in [0.3, 0.4) is 0 Å². The molecule has 2 rings (SSSR count). The molecule has 2 saturated carbocycles. The van der Waals surface area contributed by atoms with Crippen LogP contribution in [0.2, 0.25) is 0 Å². The summed E-state index contributed by atoms with van der Waals surface area (Å²) in [7, 11) is 0. The van der Waals surface area contributed by atoms with Gasteiger partial charge in [-0.1, -0.05) is 12.8 Å². The minimum Gasteiger partial charge on any atom is -0.290 e. The molecule has 0 saturated heterocycles. The Morgan fingerprint density at radius 1 is 0.846 bits per heavy atom. The molecule has 0 aromatic rings. The van der Waals surface area contributed by atoms with Crippen molar-refractivity contribution < 1.29 is 31.5 Å². The van der Waals surface area contributed by atoms with Gasteiger partial charge in [-0.25, -0.2) is 0 Å². The SMILES string of the molecule is O=C1C(=O)C2CCCCC2C1=O.[Cu]. The molecule has 0 amide bonds. The molecule has 2 aliphatic rings. The third-order valence-corrected chi connectivity index (χ3v) is 2.89. The van der Waals surface area contributed by atoms with Crippen LogP contribution in [0.15, 0.2) is 0 Å². The number of rotatable bonds is 0. The van der Waals surface area contributed by atoms with Crippen LogP contribution in [-0.2, 0) is 31.5 Å². The molecule has 2 fully saturated rings. The van der Waals surface area contributed by atoms with Gasteiger partial charge in [0, 0.05) is 28.9 Å². The summed E-state index contributed by atoms with van der Waals surface area (Å²) in [4.78, 5) is 33.3. The third kappa shape index (κ3) is 1.49. The Hall–Kier alpha value is -0.471. The Morgan fingerprint density at radius 3 is 1.62 bits per heavy atom. The van der Waals surface area contributed by atoms with Gasteiger partial charge in [0.1, 0.15) is 0 Å². The van der Waals surface area contributed by atoms with Crippen molar-refractivity contribution in [2.75, 3.05) is 0 Å². The number of ketones is 3. The van der Waals surface area contributed by atoms with Crippen LogP contribution in [0.25, 0.3) is 0 Å². The summed E-state index contributed by atoms with van der Waals surface area (Å²) in [5, 5.41) is 0.